The third kappa shape index (κ3) is 5.38. The van der Waals surface area contributed by atoms with E-state index in [1.807, 2.05) is 18.5 Å². The van der Waals surface area contributed by atoms with Gasteiger partial charge >= 0.3 is 0 Å². The zero-order chi connectivity index (χ0) is 19.2. The van der Waals surface area contributed by atoms with E-state index in [0.29, 0.717) is 6.54 Å². The number of guanidine groups is 1. The van der Waals surface area contributed by atoms with E-state index in [1.54, 1.807) is 0 Å². The number of nitrogens with one attached hydrogen (secondary N) is 1. The summed E-state index contributed by atoms with van der Waals surface area (Å²) in [5, 5.41) is 3.45. The molecule has 2 heterocycles. The molecular formula is C23H28IN5. The van der Waals surface area contributed by atoms with E-state index in [4.69, 9.17) is 4.99 Å². The summed E-state index contributed by atoms with van der Waals surface area (Å²) in [7, 11) is 0. The van der Waals surface area contributed by atoms with E-state index in [9.17, 15) is 0 Å². The third-order valence-corrected chi connectivity index (χ3v) is 5.13. The van der Waals surface area contributed by atoms with Gasteiger partial charge in [0.25, 0.3) is 0 Å². The number of benzene rings is 2. The minimum absolute atomic E-state index is 0. The van der Waals surface area contributed by atoms with E-state index >= 15 is 0 Å². The van der Waals surface area contributed by atoms with Gasteiger partial charge < -0.3 is 14.8 Å². The normalized spacial score (nSPS) is 13.6. The first-order valence-electron chi connectivity index (χ1n) is 9.97. The number of nitrogens with zero attached hydrogens (tertiary/aromatic N) is 4. The van der Waals surface area contributed by atoms with Crippen LogP contribution in [0, 0.1) is 0 Å². The maximum absolute atomic E-state index is 4.90. The maximum Gasteiger partial charge on any atom is 0.194 e. The van der Waals surface area contributed by atoms with Gasteiger partial charge in [0.1, 0.15) is 12.4 Å². The predicted octanol–water partition coefficient (Wildman–Crippen LogP) is 4.07. The number of hydrogen-bond donors (Lipinski definition) is 1. The highest BCUT2D eigenvalue weighted by Crippen LogP contribution is 2.18. The summed E-state index contributed by atoms with van der Waals surface area (Å²) in [6.45, 7) is 6.25. The van der Waals surface area contributed by atoms with Crippen LogP contribution in [0.25, 0.3) is 0 Å². The number of rotatable bonds is 5. The molecule has 0 bridgehead atoms. The van der Waals surface area contributed by atoms with Crippen molar-refractivity contribution in [2.24, 2.45) is 4.99 Å². The Hall–Kier alpha value is -2.35. The molecule has 2 aromatic carbocycles. The molecule has 6 heteroatoms. The molecule has 0 atom stereocenters. The van der Waals surface area contributed by atoms with Crippen molar-refractivity contribution in [2.75, 3.05) is 13.1 Å². The van der Waals surface area contributed by atoms with Gasteiger partial charge in [-0.1, -0.05) is 54.6 Å². The smallest absolute Gasteiger partial charge is 0.194 e. The largest absolute Gasteiger partial charge is 0.356 e. The molecular weight excluding hydrogens is 473 g/mol. The first-order valence-corrected chi connectivity index (χ1v) is 9.97. The topological polar surface area (TPSA) is 45.5 Å². The molecule has 4 rings (SSSR count). The average molecular weight is 501 g/mol. The molecule has 5 nitrogen and oxygen atoms in total. The summed E-state index contributed by atoms with van der Waals surface area (Å²) in [5.41, 5.74) is 4.11. The van der Waals surface area contributed by atoms with Gasteiger partial charge in [0.2, 0.25) is 0 Å². The quantitative estimate of drug-likeness (QED) is 0.326. The molecule has 0 fully saturated rings. The lowest BCUT2D eigenvalue weighted by Gasteiger charge is -2.31. The van der Waals surface area contributed by atoms with Crippen LogP contribution in [0.4, 0.5) is 0 Å². The third-order valence-electron chi connectivity index (χ3n) is 5.13. The lowest BCUT2D eigenvalue weighted by atomic mass is 10.0. The van der Waals surface area contributed by atoms with E-state index in [-0.39, 0.29) is 24.0 Å². The van der Waals surface area contributed by atoms with Crippen LogP contribution in [0.15, 0.2) is 72.0 Å². The number of halogens is 1. The molecule has 0 saturated heterocycles. The lowest BCUT2D eigenvalue weighted by molar-refractivity contribution is 0.378. The number of hydrogen-bond acceptors (Lipinski definition) is 2. The highest BCUT2D eigenvalue weighted by Gasteiger charge is 2.18. The Bertz CT molecular complexity index is 935. The van der Waals surface area contributed by atoms with Crippen LogP contribution in [0.2, 0.25) is 0 Å². The highest BCUT2D eigenvalue weighted by molar-refractivity contribution is 14.0. The molecule has 0 spiro atoms. The fourth-order valence-electron chi connectivity index (χ4n) is 3.66. The van der Waals surface area contributed by atoms with Gasteiger partial charge in [-0.05, 0) is 30.0 Å². The van der Waals surface area contributed by atoms with Crippen LogP contribution in [0.5, 0.6) is 0 Å². The molecule has 0 aliphatic carbocycles. The first kappa shape index (κ1) is 21.4. The van der Waals surface area contributed by atoms with Crippen LogP contribution in [0.3, 0.4) is 0 Å². The second-order valence-corrected chi connectivity index (χ2v) is 7.07. The van der Waals surface area contributed by atoms with Crippen LogP contribution in [0.1, 0.15) is 29.4 Å². The van der Waals surface area contributed by atoms with Gasteiger partial charge in [0.05, 0.1) is 0 Å². The van der Waals surface area contributed by atoms with Crippen LogP contribution in [-0.2, 0) is 26.1 Å². The van der Waals surface area contributed by atoms with Crippen LogP contribution >= 0.6 is 24.0 Å². The zero-order valence-corrected chi connectivity index (χ0v) is 19.1. The monoisotopic (exact) mass is 501 g/mol. The van der Waals surface area contributed by atoms with Crippen molar-refractivity contribution >= 4 is 29.9 Å². The Balaban J connectivity index is 0.00000240. The minimum Gasteiger partial charge on any atom is -0.356 e. The fraction of sp³-hybridized carbons (Fsp3) is 0.304. The number of aliphatic imine (C=N–C) groups is 1. The number of aromatic nitrogens is 2. The van der Waals surface area contributed by atoms with Crippen molar-refractivity contribution in [3.05, 3.63) is 89.5 Å². The Labute approximate surface area is 189 Å². The predicted molar refractivity (Wildman–Crippen MR) is 129 cm³/mol. The minimum atomic E-state index is 0. The summed E-state index contributed by atoms with van der Waals surface area (Å²) in [6.07, 6.45) is 4.95. The molecule has 1 aliphatic rings. The highest BCUT2D eigenvalue weighted by atomic mass is 127. The van der Waals surface area contributed by atoms with E-state index < -0.39 is 0 Å². The summed E-state index contributed by atoms with van der Waals surface area (Å²) >= 11 is 0. The van der Waals surface area contributed by atoms with Crippen molar-refractivity contribution in [2.45, 2.75) is 33.0 Å². The van der Waals surface area contributed by atoms with Gasteiger partial charge in [0, 0.05) is 38.6 Å². The lowest BCUT2D eigenvalue weighted by Crippen LogP contribution is -2.44. The molecule has 0 amide bonds. The SMILES string of the molecule is CCNC(=NCc1nccn1Cc1ccccc1)N1CCc2ccccc2C1.I. The van der Waals surface area contributed by atoms with E-state index in [1.165, 1.54) is 16.7 Å². The average Bonchev–Trinajstić information content (AvgIpc) is 3.18. The van der Waals surface area contributed by atoms with Crippen molar-refractivity contribution in [1.82, 2.24) is 19.8 Å². The van der Waals surface area contributed by atoms with Crippen molar-refractivity contribution in [1.29, 1.82) is 0 Å². The van der Waals surface area contributed by atoms with E-state index in [2.05, 4.69) is 75.2 Å². The second-order valence-electron chi connectivity index (χ2n) is 7.07. The van der Waals surface area contributed by atoms with Crippen molar-refractivity contribution in [3.8, 4) is 0 Å². The van der Waals surface area contributed by atoms with Crippen molar-refractivity contribution < 1.29 is 0 Å². The molecule has 0 unspecified atom stereocenters. The van der Waals surface area contributed by atoms with Crippen LogP contribution in [-0.4, -0.2) is 33.5 Å². The molecule has 0 radical (unpaired) electrons. The Morgan fingerprint density at radius 1 is 1.07 bits per heavy atom. The first-order chi connectivity index (χ1) is 13.8. The van der Waals surface area contributed by atoms with Gasteiger partial charge in [0.15, 0.2) is 5.96 Å². The zero-order valence-electron chi connectivity index (χ0n) is 16.8. The van der Waals surface area contributed by atoms with Gasteiger partial charge in [-0.3, -0.25) is 0 Å². The van der Waals surface area contributed by atoms with Gasteiger partial charge in [-0.25, -0.2) is 9.98 Å². The maximum atomic E-state index is 4.90. The van der Waals surface area contributed by atoms with Gasteiger partial charge in [-0.2, -0.15) is 0 Å². The summed E-state index contributed by atoms with van der Waals surface area (Å²) in [4.78, 5) is 11.8. The van der Waals surface area contributed by atoms with E-state index in [0.717, 1.165) is 44.4 Å². The molecule has 1 aliphatic heterocycles. The summed E-state index contributed by atoms with van der Waals surface area (Å²) in [5.74, 6) is 1.95. The molecule has 1 N–H and O–H groups in total. The molecule has 1 aromatic heterocycles. The van der Waals surface area contributed by atoms with Gasteiger partial charge in [-0.15, -0.1) is 24.0 Å². The van der Waals surface area contributed by atoms with Crippen molar-refractivity contribution in [3.63, 3.8) is 0 Å². The van der Waals surface area contributed by atoms with Crippen LogP contribution < -0.4 is 5.32 Å². The second kappa shape index (κ2) is 10.4. The number of imidazole rings is 1. The Morgan fingerprint density at radius 2 is 1.83 bits per heavy atom. The molecule has 152 valence electrons. The number of fused-ring (bicyclic) bond motifs is 1. The standard InChI is InChI=1S/C23H27N5.HI/c1-2-24-23(28-14-12-20-10-6-7-11-21(20)18-28)26-16-22-25-13-15-27(22)17-19-8-4-3-5-9-19;/h3-11,13,15H,2,12,14,16-18H2,1H3,(H,24,26);1H. The Kier molecular flexibility index (Phi) is 7.69. The summed E-state index contributed by atoms with van der Waals surface area (Å²) in [6, 6.07) is 19.2. The molecule has 0 saturated carbocycles. The fourth-order valence-corrected chi connectivity index (χ4v) is 3.66. The molecule has 29 heavy (non-hydrogen) atoms. The Morgan fingerprint density at radius 3 is 2.62 bits per heavy atom. The summed E-state index contributed by atoms with van der Waals surface area (Å²) < 4.78 is 2.17. The molecule has 3 aromatic rings.